The maximum absolute atomic E-state index is 11.5. The van der Waals surface area contributed by atoms with Crippen molar-refractivity contribution in [3.8, 4) is 0 Å². The van der Waals surface area contributed by atoms with Gasteiger partial charge in [-0.25, -0.2) is 13.4 Å². The monoisotopic (exact) mass is 326 g/mol. The van der Waals surface area contributed by atoms with Crippen LogP contribution < -0.4 is 0 Å². The van der Waals surface area contributed by atoms with E-state index < -0.39 is 9.84 Å². The molecule has 0 aliphatic carbocycles. The number of aromatic amines is 1. The van der Waals surface area contributed by atoms with Gasteiger partial charge in [0.25, 0.3) is 0 Å². The number of thiophene rings is 1. The fraction of sp³-hybridized carbons (Fsp3) is 0.538. The number of sulfone groups is 1. The molecule has 3 heterocycles. The number of nitrogens with one attached hydrogen (secondary N) is 1. The molecule has 1 atom stereocenters. The average Bonchev–Trinajstić information content (AvgIpc) is 3.12. The summed E-state index contributed by atoms with van der Waals surface area (Å²) in [4.78, 5) is 7.76. The highest BCUT2D eigenvalue weighted by Gasteiger charge is 2.30. The zero-order valence-corrected chi connectivity index (χ0v) is 13.5. The molecule has 0 spiro atoms. The first-order valence-electron chi connectivity index (χ1n) is 6.85. The van der Waals surface area contributed by atoms with Crippen LogP contribution in [-0.2, 0) is 22.8 Å². The zero-order chi connectivity index (χ0) is 14.9. The van der Waals surface area contributed by atoms with E-state index in [0.717, 1.165) is 12.2 Å². The molecule has 0 aromatic carbocycles. The lowest BCUT2D eigenvalue weighted by Crippen LogP contribution is -2.32. The van der Waals surface area contributed by atoms with Gasteiger partial charge in [0, 0.05) is 17.3 Å². The molecule has 2 aromatic rings. The second kappa shape index (κ2) is 5.86. The van der Waals surface area contributed by atoms with Crippen molar-refractivity contribution in [3.05, 3.63) is 34.0 Å². The molecule has 1 fully saturated rings. The van der Waals surface area contributed by atoms with E-state index in [1.807, 2.05) is 23.4 Å². The van der Waals surface area contributed by atoms with Crippen LogP contribution in [0, 0.1) is 0 Å². The van der Waals surface area contributed by atoms with E-state index in [-0.39, 0.29) is 11.8 Å². The molecule has 1 unspecified atom stereocenters. The summed E-state index contributed by atoms with van der Waals surface area (Å²) >= 11 is 1.70. The second-order valence-electron chi connectivity index (χ2n) is 5.43. The van der Waals surface area contributed by atoms with Crippen LogP contribution in [0.25, 0.3) is 0 Å². The molecule has 6 nitrogen and oxygen atoms in total. The lowest BCUT2D eigenvalue weighted by molar-refractivity contribution is 0.248. The van der Waals surface area contributed by atoms with E-state index in [1.165, 1.54) is 4.88 Å². The fourth-order valence-electron chi connectivity index (χ4n) is 2.54. The van der Waals surface area contributed by atoms with E-state index in [1.54, 1.807) is 11.3 Å². The molecule has 0 radical (unpaired) electrons. The Balaban J connectivity index is 1.59. The maximum Gasteiger partial charge on any atom is 0.164 e. The van der Waals surface area contributed by atoms with Crippen molar-refractivity contribution in [2.24, 2.45) is 0 Å². The van der Waals surface area contributed by atoms with Crippen molar-refractivity contribution in [3.63, 3.8) is 0 Å². The fourth-order valence-corrected chi connectivity index (χ4v) is 5.05. The Bertz CT molecular complexity index is 694. The first kappa shape index (κ1) is 14.7. The van der Waals surface area contributed by atoms with Gasteiger partial charge in [-0.3, -0.25) is 10.00 Å². The van der Waals surface area contributed by atoms with Crippen LogP contribution in [0.2, 0.25) is 0 Å². The van der Waals surface area contributed by atoms with Gasteiger partial charge in [-0.15, -0.1) is 11.3 Å². The summed E-state index contributed by atoms with van der Waals surface area (Å²) in [6, 6.07) is 4.17. The highest BCUT2D eigenvalue weighted by Crippen LogP contribution is 2.18. The predicted molar refractivity (Wildman–Crippen MR) is 82.0 cm³/mol. The highest BCUT2D eigenvalue weighted by molar-refractivity contribution is 7.91. The Morgan fingerprint density at radius 2 is 2.38 bits per heavy atom. The molecule has 1 aliphatic rings. The zero-order valence-electron chi connectivity index (χ0n) is 11.8. The number of hydrogen-bond acceptors (Lipinski definition) is 6. The van der Waals surface area contributed by atoms with Crippen LogP contribution >= 0.6 is 11.3 Å². The summed E-state index contributed by atoms with van der Waals surface area (Å²) in [6.07, 6.45) is 1.46. The van der Waals surface area contributed by atoms with Crippen LogP contribution in [0.5, 0.6) is 0 Å². The minimum atomic E-state index is -2.85. The van der Waals surface area contributed by atoms with Crippen molar-refractivity contribution in [2.45, 2.75) is 25.4 Å². The largest absolute Gasteiger partial charge is 0.295 e. The van der Waals surface area contributed by atoms with Gasteiger partial charge >= 0.3 is 0 Å². The van der Waals surface area contributed by atoms with Crippen LogP contribution in [0.3, 0.4) is 0 Å². The molecule has 0 saturated carbocycles. The van der Waals surface area contributed by atoms with Gasteiger partial charge in [-0.2, -0.15) is 5.10 Å². The van der Waals surface area contributed by atoms with Crippen molar-refractivity contribution in [1.82, 2.24) is 20.1 Å². The summed E-state index contributed by atoms with van der Waals surface area (Å²) < 4.78 is 23.0. The molecule has 0 bridgehead atoms. The average molecular weight is 326 g/mol. The maximum atomic E-state index is 11.5. The van der Waals surface area contributed by atoms with Gasteiger partial charge in [0.15, 0.2) is 15.7 Å². The van der Waals surface area contributed by atoms with Gasteiger partial charge in [0.05, 0.1) is 18.1 Å². The molecule has 3 rings (SSSR count). The van der Waals surface area contributed by atoms with Crippen LogP contribution in [0.1, 0.15) is 22.9 Å². The number of H-pyrrole nitrogens is 1. The molecule has 114 valence electrons. The summed E-state index contributed by atoms with van der Waals surface area (Å²) in [5, 5.41) is 9.22. The van der Waals surface area contributed by atoms with E-state index in [9.17, 15) is 8.42 Å². The number of hydrogen-bond donors (Lipinski definition) is 1. The number of nitrogens with zero attached hydrogens (tertiary/aromatic N) is 3. The lowest BCUT2D eigenvalue weighted by atomic mass is 10.2. The molecule has 1 N–H and O–H groups in total. The van der Waals surface area contributed by atoms with Crippen molar-refractivity contribution in [2.75, 3.05) is 18.6 Å². The third kappa shape index (κ3) is 3.69. The standard InChI is InChI=1S/C13H18N4O2S2/c1-17(10-4-6-21(18,19)9-10)8-13-14-12(15-16-13)7-11-3-2-5-20-11/h2-3,5,10H,4,6-9H2,1H3,(H,14,15,16). The van der Waals surface area contributed by atoms with Crippen molar-refractivity contribution in [1.29, 1.82) is 0 Å². The summed E-state index contributed by atoms with van der Waals surface area (Å²) in [6.45, 7) is 0.571. The Kier molecular flexibility index (Phi) is 4.10. The smallest absolute Gasteiger partial charge is 0.164 e. The SMILES string of the molecule is CN(Cc1n[nH]c(Cc2cccs2)n1)C1CCS(=O)(=O)C1. The Morgan fingerprint density at radius 1 is 1.52 bits per heavy atom. The van der Waals surface area contributed by atoms with Gasteiger partial charge in [-0.05, 0) is 24.9 Å². The van der Waals surface area contributed by atoms with Gasteiger partial charge < -0.3 is 0 Å². The molecule has 1 aliphatic heterocycles. The summed E-state index contributed by atoms with van der Waals surface area (Å²) in [7, 11) is -0.919. The lowest BCUT2D eigenvalue weighted by Gasteiger charge is -2.21. The quantitative estimate of drug-likeness (QED) is 0.889. The molecular weight excluding hydrogens is 308 g/mol. The normalized spacial score (nSPS) is 21.1. The molecule has 8 heteroatoms. The minimum Gasteiger partial charge on any atom is -0.295 e. The van der Waals surface area contributed by atoms with E-state index in [2.05, 4.69) is 21.2 Å². The van der Waals surface area contributed by atoms with Gasteiger partial charge in [0.2, 0.25) is 0 Å². The minimum absolute atomic E-state index is 0.0780. The Morgan fingerprint density at radius 3 is 3.05 bits per heavy atom. The van der Waals surface area contributed by atoms with Crippen LogP contribution in [0.4, 0.5) is 0 Å². The topological polar surface area (TPSA) is 79.0 Å². The van der Waals surface area contributed by atoms with Crippen molar-refractivity contribution >= 4 is 21.2 Å². The first-order valence-corrected chi connectivity index (χ1v) is 9.55. The number of rotatable bonds is 5. The van der Waals surface area contributed by atoms with E-state index in [4.69, 9.17) is 0 Å². The first-order chi connectivity index (χ1) is 10.0. The van der Waals surface area contributed by atoms with Gasteiger partial charge in [-0.1, -0.05) is 6.07 Å². The Labute approximate surface area is 128 Å². The highest BCUT2D eigenvalue weighted by atomic mass is 32.2. The van der Waals surface area contributed by atoms with E-state index >= 15 is 0 Å². The summed E-state index contributed by atoms with van der Waals surface area (Å²) in [5.41, 5.74) is 0. The molecule has 2 aromatic heterocycles. The predicted octanol–water partition coefficient (Wildman–Crippen LogP) is 1.08. The molecule has 1 saturated heterocycles. The second-order valence-corrected chi connectivity index (χ2v) is 8.69. The summed E-state index contributed by atoms with van der Waals surface area (Å²) in [5.74, 6) is 2.10. The molecular formula is C13H18N4O2S2. The van der Waals surface area contributed by atoms with Crippen LogP contribution in [0.15, 0.2) is 17.5 Å². The van der Waals surface area contributed by atoms with Gasteiger partial charge in [0.1, 0.15) is 5.82 Å². The molecule has 21 heavy (non-hydrogen) atoms. The third-order valence-electron chi connectivity index (χ3n) is 3.72. The van der Waals surface area contributed by atoms with Crippen molar-refractivity contribution < 1.29 is 8.42 Å². The van der Waals surface area contributed by atoms with E-state index in [0.29, 0.717) is 24.5 Å². The number of aromatic nitrogens is 3. The van der Waals surface area contributed by atoms with Crippen LogP contribution in [-0.4, -0.2) is 53.1 Å². The molecule has 0 amide bonds. The Hall–Kier alpha value is -1.25. The third-order valence-corrected chi connectivity index (χ3v) is 6.35.